The number of hydrogen-bond donors (Lipinski definition) is 3. The molecule has 2 aromatic rings. The topological polar surface area (TPSA) is 115 Å². The molecule has 0 saturated heterocycles. The van der Waals surface area contributed by atoms with E-state index in [0.717, 1.165) is 24.5 Å². The fourth-order valence-electron chi connectivity index (χ4n) is 1.60. The van der Waals surface area contributed by atoms with E-state index >= 15 is 0 Å². The quantitative estimate of drug-likeness (QED) is 0.495. The monoisotopic (exact) mass is 263 g/mol. The molecule has 102 valence electrons. The van der Waals surface area contributed by atoms with Crippen LogP contribution in [0.3, 0.4) is 0 Å². The van der Waals surface area contributed by atoms with Crippen molar-refractivity contribution in [3.8, 4) is 0 Å². The Morgan fingerprint density at radius 1 is 1.21 bits per heavy atom. The van der Waals surface area contributed by atoms with Gasteiger partial charge in [0.1, 0.15) is 17.5 Å². The molecule has 0 aromatic carbocycles. The van der Waals surface area contributed by atoms with Gasteiger partial charge in [0.25, 0.3) is 0 Å². The van der Waals surface area contributed by atoms with Crippen molar-refractivity contribution in [1.82, 2.24) is 20.1 Å². The van der Waals surface area contributed by atoms with Gasteiger partial charge in [-0.25, -0.2) is 15.8 Å². The molecule has 8 heteroatoms. The number of aromatic nitrogens is 4. The number of nitrogens with two attached hydrogens (primary N) is 1. The van der Waals surface area contributed by atoms with Crippen molar-refractivity contribution >= 4 is 11.6 Å². The second kappa shape index (κ2) is 6.64. The maximum atomic E-state index is 5.39. The first-order chi connectivity index (χ1) is 9.31. The lowest BCUT2D eigenvalue weighted by Crippen LogP contribution is -2.13. The van der Waals surface area contributed by atoms with Gasteiger partial charge < -0.3 is 15.3 Å². The zero-order chi connectivity index (χ0) is 13.5. The van der Waals surface area contributed by atoms with E-state index < -0.39 is 0 Å². The first kappa shape index (κ1) is 13.2. The summed E-state index contributed by atoms with van der Waals surface area (Å²) in [6.45, 7) is 2.74. The fourth-order valence-corrected chi connectivity index (χ4v) is 1.60. The van der Waals surface area contributed by atoms with E-state index in [9.17, 15) is 0 Å². The van der Waals surface area contributed by atoms with E-state index in [-0.39, 0.29) is 0 Å². The minimum Gasteiger partial charge on any atom is -0.369 e. The highest BCUT2D eigenvalue weighted by Crippen LogP contribution is 2.11. The molecule has 0 fully saturated rings. The van der Waals surface area contributed by atoms with Crippen LogP contribution in [0.2, 0.25) is 0 Å². The van der Waals surface area contributed by atoms with E-state index in [4.69, 9.17) is 5.84 Å². The molecule has 0 radical (unpaired) electrons. The number of nitrogens with one attached hydrogen (secondary N) is 2. The average Bonchev–Trinajstić information content (AvgIpc) is 2.92. The number of rotatable bonds is 7. The predicted molar refractivity (Wildman–Crippen MR) is 70.3 cm³/mol. The molecule has 0 bridgehead atoms. The van der Waals surface area contributed by atoms with Gasteiger partial charge in [0.2, 0.25) is 6.39 Å². The molecule has 0 amide bonds. The number of anilines is 2. The summed E-state index contributed by atoms with van der Waals surface area (Å²) in [5.41, 5.74) is 2.54. The first-order valence-corrected chi connectivity index (χ1v) is 6.15. The number of aryl methyl sites for hydroxylation is 1. The first-order valence-electron chi connectivity index (χ1n) is 6.15. The molecule has 2 aromatic heterocycles. The maximum absolute atomic E-state index is 5.39. The normalized spacial score (nSPS) is 10.4. The number of hydrogen-bond acceptors (Lipinski definition) is 8. The lowest BCUT2D eigenvalue weighted by molar-refractivity contribution is 0.410. The fraction of sp³-hybridized carbons (Fsp3) is 0.455. The van der Waals surface area contributed by atoms with Gasteiger partial charge in [-0.3, -0.25) is 0 Å². The largest absolute Gasteiger partial charge is 0.369 e. The van der Waals surface area contributed by atoms with Crippen molar-refractivity contribution in [2.75, 3.05) is 17.3 Å². The summed E-state index contributed by atoms with van der Waals surface area (Å²) in [5.74, 6) is 8.14. The van der Waals surface area contributed by atoms with Crippen LogP contribution >= 0.6 is 0 Å². The van der Waals surface area contributed by atoms with Gasteiger partial charge in [0, 0.05) is 25.5 Å². The second-order valence-corrected chi connectivity index (χ2v) is 3.97. The van der Waals surface area contributed by atoms with Gasteiger partial charge >= 0.3 is 0 Å². The van der Waals surface area contributed by atoms with Crippen LogP contribution in [0.1, 0.15) is 25.0 Å². The molecule has 19 heavy (non-hydrogen) atoms. The van der Waals surface area contributed by atoms with Gasteiger partial charge in [-0.2, -0.15) is 4.98 Å². The zero-order valence-corrected chi connectivity index (χ0v) is 10.8. The second-order valence-electron chi connectivity index (χ2n) is 3.97. The van der Waals surface area contributed by atoms with Gasteiger partial charge in [0.15, 0.2) is 5.82 Å². The Morgan fingerprint density at radius 2 is 2.05 bits per heavy atom. The third-order valence-electron chi connectivity index (χ3n) is 2.46. The number of nitrogen functional groups attached to an aromatic ring is 1. The molecular formula is C11H17N7O. The van der Waals surface area contributed by atoms with E-state index in [1.165, 1.54) is 6.39 Å². The van der Waals surface area contributed by atoms with Crippen molar-refractivity contribution in [2.45, 2.75) is 26.2 Å². The van der Waals surface area contributed by atoms with Crippen molar-refractivity contribution in [2.24, 2.45) is 5.84 Å². The summed E-state index contributed by atoms with van der Waals surface area (Å²) in [6, 6.07) is 1.76. The Hall–Kier alpha value is -2.22. The highest BCUT2D eigenvalue weighted by molar-refractivity contribution is 5.46. The Morgan fingerprint density at radius 3 is 2.74 bits per heavy atom. The van der Waals surface area contributed by atoms with Crippen LogP contribution in [0.5, 0.6) is 0 Å². The van der Waals surface area contributed by atoms with Gasteiger partial charge in [-0.1, -0.05) is 12.1 Å². The van der Waals surface area contributed by atoms with Crippen LogP contribution in [0, 0.1) is 0 Å². The van der Waals surface area contributed by atoms with Crippen molar-refractivity contribution in [3.05, 3.63) is 24.1 Å². The van der Waals surface area contributed by atoms with Crippen molar-refractivity contribution in [1.29, 1.82) is 0 Å². The highest BCUT2D eigenvalue weighted by atomic mass is 16.5. The third kappa shape index (κ3) is 3.88. The summed E-state index contributed by atoms with van der Waals surface area (Å²) in [6.07, 6.45) is 3.77. The minimum atomic E-state index is 0.598. The molecule has 8 nitrogen and oxygen atoms in total. The van der Waals surface area contributed by atoms with Gasteiger partial charge in [-0.15, -0.1) is 0 Å². The lowest BCUT2D eigenvalue weighted by Gasteiger charge is -2.08. The van der Waals surface area contributed by atoms with Crippen molar-refractivity contribution < 1.29 is 4.52 Å². The molecule has 0 spiro atoms. The zero-order valence-electron chi connectivity index (χ0n) is 10.8. The lowest BCUT2D eigenvalue weighted by atomic mass is 10.3. The summed E-state index contributed by atoms with van der Waals surface area (Å²) in [5, 5.41) is 6.93. The molecule has 2 rings (SSSR count). The molecule has 0 aliphatic rings. The highest BCUT2D eigenvalue weighted by Gasteiger charge is 2.04. The van der Waals surface area contributed by atoms with Crippen LogP contribution in [0.4, 0.5) is 11.6 Å². The standard InChI is InChI=1S/C11H17N7O/c1-2-3-9-15-10(6-11(16-9)17-12)13-5-4-8-14-7-19-18-8/h6-7H,2-5,12H2,1H3,(H2,13,15,16,17). The van der Waals surface area contributed by atoms with Crippen molar-refractivity contribution in [3.63, 3.8) is 0 Å². The third-order valence-corrected chi connectivity index (χ3v) is 2.46. The molecular weight excluding hydrogens is 246 g/mol. The predicted octanol–water partition coefficient (Wildman–Crippen LogP) is 0.752. The summed E-state index contributed by atoms with van der Waals surface area (Å²) in [4.78, 5) is 12.6. The molecule has 0 aliphatic carbocycles. The molecule has 4 N–H and O–H groups in total. The van der Waals surface area contributed by atoms with E-state index in [1.807, 2.05) is 0 Å². The van der Waals surface area contributed by atoms with E-state index in [2.05, 4.69) is 42.3 Å². The SMILES string of the molecule is CCCc1nc(NN)cc(NCCc2ncon2)n1. The summed E-state index contributed by atoms with van der Waals surface area (Å²) >= 11 is 0. The molecule has 0 unspecified atom stereocenters. The Bertz CT molecular complexity index is 500. The molecule has 0 saturated carbocycles. The maximum Gasteiger partial charge on any atom is 0.213 e. The van der Waals surface area contributed by atoms with Crippen LogP contribution in [0.15, 0.2) is 17.0 Å². The van der Waals surface area contributed by atoms with E-state index in [1.54, 1.807) is 6.07 Å². The summed E-state index contributed by atoms with van der Waals surface area (Å²) < 4.78 is 4.66. The smallest absolute Gasteiger partial charge is 0.213 e. The van der Waals surface area contributed by atoms with Crippen LogP contribution in [-0.2, 0) is 12.8 Å². The average molecular weight is 263 g/mol. The number of nitrogens with zero attached hydrogens (tertiary/aromatic N) is 4. The molecule has 0 atom stereocenters. The summed E-state index contributed by atoms with van der Waals surface area (Å²) in [7, 11) is 0. The Kier molecular flexibility index (Phi) is 4.62. The van der Waals surface area contributed by atoms with Crippen LogP contribution in [-0.4, -0.2) is 26.7 Å². The molecule has 2 heterocycles. The Balaban J connectivity index is 1.96. The number of hydrazine groups is 1. The van der Waals surface area contributed by atoms with Crippen LogP contribution in [0.25, 0.3) is 0 Å². The van der Waals surface area contributed by atoms with Gasteiger partial charge in [0.05, 0.1) is 0 Å². The Labute approximate surface area is 110 Å². The minimum absolute atomic E-state index is 0.598. The van der Waals surface area contributed by atoms with Gasteiger partial charge in [-0.05, 0) is 6.42 Å². The van der Waals surface area contributed by atoms with E-state index in [0.29, 0.717) is 24.6 Å². The molecule has 0 aliphatic heterocycles. The van der Waals surface area contributed by atoms with Crippen LogP contribution < -0.4 is 16.6 Å².